The van der Waals surface area contributed by atoms with Crippen LogP contribution >= 0.6 is 0 Å². The van der Waals surface area contributed by atoms with E-state index in [1.54, 1.807) is 6.20 Å². The normalized spacial score (nSPS) is 19.1. The van der Waals surface area contributed by atoms with E-state index < -0.39 is 24.3 Å². The van der Waals surface area contributed by atoms with Crippen molar-refractivity contribution in [2.24, 2.45) is 11.8 Å². The van der Waals surface area contributed by atoms with Crippen LogP contribution in [0.3, 0.4) is 0 Å². The molecule has 0 bridgehead atoms. The first-order valence-corrected chi connectivity index (χ1v) is 23.2. The maximum atomic E-state index is 14.2. The lowest BCUT2D eigenvalue weighted by Gasteiger charge is -2.33. The molecular weight excluding hydrogens is 829 g/mol. The molecule has 2 saturated heterocycles. The Morgan fingerprint density at radius 3 is 2.45 bits per heavy atom. The molecular formula is C49H62N8O8. The summed E-state index contributed by atoms with van der Waals surface area (Å²) in [5.74, 6) is 1.57. The molecule has 6 unspecified atom stereocenters. The Labute approximate surface area is 379 Å². The lowest BCUT2D eigenvalue weighted by Crippen LogP contribution is -2.53. The molecule has 4 amide bonds. The number of aromatic amines is 2. The third-order valence-electron chi connectivity index (χ3n) is 13.7. The van der Waals surface area contributed by atoms with E-state index >= 15 is 0 Å². The van der Waals surface area contributed by atoms with Crippen LogP contribution in [0.25, 0.3) is 44.2 Å². The number of carbonyl (C=O) groups is 4. The van der Waals surface area contributed by atoms with Crippen LogP contribution in [0.15, 0.2) is 48.7 Å². The lowest BCUT2D eigenvalue weighted by atomic mass is 9.91. The summed E-state index contributed by atoms with van der Waals surface area (Å²) in [5, 5.41) is 10.7. The Hall–Kier alpha value is -6.16. The average Bonchev–Trinajstić information content (AvgIpc) is 4.10. The molecule has 6 atom stereocenters. The minimum absolute atomic E-state index is 0.0292. The average molecular weight is 891 g/mol. The highest BCUT2D eigenvalue weighted by Gasteiger charge is 2.42. The van der Waals surface area contributed by atoms with Gasteiger partial charge < -0.3 is 49.8 Å². The fourth-order valence-electron chi connectivity index (χ4n) is 9.71. The number of methoxy groups -OCH3 is 2. The molecule has 0 spiro atoms. The largest absolute Gasteiger partial charge is 0.488 e. The molecule has 5 N–H and O–H groups in total. The number of hydrogen-bond donors (Lipinski definition) is 5. The van der Waals surface area contributed by atoms with E-state index in [0.29, 0.717) is 57.2 Å². The van der Waals surface area contributed by atoms with E-state index in [1.807, 2.05) is 31.7 Å². The Kier molecular flexibility index (Phi) is 13.9. The highest BCUT2D eigenvalue weighted by molar-refractivity contribution is 6.07. The summed E-state index contributed by atoms with van der Waals surface area (Å²) in [6, 6.07) is 12.5. The molecule has 2 fully saturated rings. The molecule has 0 aliphatic carbocycles. The smallest absolute Gasteiger partial charge is 0.407 e. The molecule has 3 aliphatic heterocycles. The second-order valence-corrected chi connectivity index (χ2v) is 17.8. The number of H-pyrrole nitrogens is 2. The van der Waals surface area contributed by atoms with Crippen molar-refractivity contribution in [2.45, 2.75) is 122 Å². The third-order valence-corrected chi connectivity index (χ3v) is 13.7. The molecule has 5 heterocycles. The second-order valence-electron chi connectivity index (χ2n) is 17.8. The van der Waals surface area contributed by atoms with Gasteiger partial charge in [-0.1, -0.05) is 64.7 Å². The van der Waals surface area contributed by atoms with Crippen LogP contribution in [0, 0.1) is 11.8 Å². The monoisotopic (exact) mass is 890 g/mol. The quantitative estimate of drug-likeness (QED) is 0.0636. The summed E-state index contributed by atoms with van der Waals surface area (Å²) in [7, 11) is 2.60. The summed E-state index contributed by atoms with van der Waals surface area (Å²) >= 11 is 0. The third kappa shape index (κ3) is 9.49. The van der Waals surface area contributed by atoms with Crippen LogP contribution in [0.5, 0.6) is 5.75 Å². The molecule has 16 nitrogen and oxygen atoms in total. The molecule has 2 aromatic heterocycles. The maximum Gasteiger partial charge on any atom is 0.407 e. The number of ether oxygens (including phenoxy) is 4. The number of unbranched alkanes of at least 4 members (excludes halogenated alkanes) is 2. The molecule has 65 heavy (non-hydrogen) atoms. The Morgan fingerprint density at radius 2 is 1.69 bits per heavy atom. The van der Waals surface area contributed by atoms with Crippen LogP contribution in [0.4, 0.5) is 9.59 Å². The zero-order chi connectivity index (χ0) is 45.8. The second kappa shape index (κ2) is 19.9. The van der Waals surface area contributed by atoms with E-state index in [9.17, 15) is 19.2 Å². The molecule has 5 aromatic rings. The van der Waals surface area contributed by atoms with E-state index in [1.165, 1.54) is 14.2 Å². The van der Waals surface area contributed by atoms with Gasteiger partial charge in [-0.3, -0.25) is 9.59 Å². The number of hydrogen-bond acceptors (Lipinski definition) is 10. The van der Waals surface area contributed by atoms with Crippen molar-refractivity contribution in [2.75, 3.05) is 27.4 Å². The van der Waals surface area contributed by atoms with Gasteiger partial charge in [-0.05, 0) is 97.2 Å². The van der Waals surface area contributed by atoms with Gasteiger partial charge in [0.2, 0.25) is 11.8 Å². The molecule has 3 aromatic carbocycles. The van der Waals surface area contributed by atoms with Gasteiger partial charge in [-0.2, -0.15) is 0 Å². The number of amides is 4. The predicted molar refractivity (Wildman–Crippen MR) is 246 cm³/mol. The maximum absolute atomic E-state index is 14.2. The fraction of sp³-hybridized carbons (Fsp3) is 0.510. The van der Waals surface area contributed by atoms with Gasteiger partial charge in [0.05, 0.1) is 49.2 Å². The van der Waals surface area contributed by atoms with E-state index in [4.69, 9.17) is 28.9 Å². The molecule has 0 saturated carbocycles. The number of imidazole rings is 2. The summed E-state index contributed by atoms with van der Waals surface area (Å²) in [6.45, 7) is 9.60. The number of rotatable bonds is 15. The number of aromatic nitrogens is 4. The first kappa shape index (κ1) is 45.4. The number of nitrogens with one attached hydrogen (secondary N) is 5. The highest BCUT2D eigenvalue weighted by Crippen LogP contribution is 2.44. The highest BCUT2D eigenvalue weighted by atomic mass is 16.5. The first-order chi connectivity index (χ1) is 31.5. The van der Waals surface area contributed by atoms with Crippen LogP contribution in [-0.4, -0.2) is 94.4 Å². The van der Waals surface area contributed by atoms with Gasteiger partial charge in [0.15, 0.2) is 0 Å². The summed E-state index contributed by atoms with van der Waals surface area (Å²) < 4.78 is 21.7. The minimum Gasteiger partial charge on any atom is -0.488 e. The summed E-state index contributed by atoms with van der Waals surface area (Å²) in [4.78, 5) is 71.5. The van der Waals surface area contributed by atoms with Gasteiger partial charge in [0.1, 0.15) is 36.1 Å². The minimum atomic E-state index is -0.756. The van der Waals surface area contributed by atoms with Gasteiger partial charge in [-0.25, -0.2) is 19.6 Å². The van der Waals surface area contributed by atoms with Crippen molar-refractivity contribution >= 4 is 45.8 Å². The van der Waals surface area contributed by atoms with Gasteiger partial charge in [0, 0.05) is 30.2 Å². The van der Waals surface area contributed by atoms with Crippen molar-refractivity contribution in [3.63, 3.8) is 0 Å². The predicted octanol–water partition coefficient (Wildman–Crippen LogP) is 8.38. The van der Waals surface area contributed by atoms with Crippen molar-refractivity contribution in [3.05, 3.63) is 65.9 Å². The lowest BCUT2D eigenvalue weighted by molar-refractivity contribution is -0.137. The van der Waals surface area contributed by atoms with E-state index in [0.717, 1.165) is 87.6 Å². The molecule has 16 heteroatoms. The molecule has 0 radical (unpaired) electrons. The van der Waals surface area contributed by atoms with E-state index in [-0.39, 0.29) is 41.8 Å². The Bertz CT molecular complexity index is 2530. The van der Waals surface area contributed by atoms with Crippen molar-refractivity contribution in [1.29, 1.82) is 0 Å². The number of fused-ring (bicyclic) bond motifs is 6. The van der Waals surface area contributed by atoms with Crippen molar-refractivity contribution in [1.82, 2.24) is 40.8 Å². The number of likely N-dealkylation sites (tertiary alicyclic amines) is 1. The number of nitrogens with zero attached hydrogens (tertiary/aromatic N) is 3. The number of benzene rings is 3. The first-order valence-electron chi connectivity index (χ1n) is 23.2. The van der Waals surface area contributed by atoms with Crippen LogP contribution < -0.4 is 20.7 Å². The number of carbonyl (C=O) groups excluding carboxylic acids is 4. The van der Waals surface area contributed by atoms with Gasteiger partial charge in [-0.15, -0.1) is 0 Å². The van der Waals surface area contributed by atoms with Crippen molar-refractivity contribution in [3.8, 4) is 28.1 Å². The SMILES string of the molecule is CCCCCC(NC(=O)C(NC(=O)OC)C1CCOCC1)c1ncc(-c2ccc3c(c2)COc2cc4c(ccc5[nH]c(C6CCC(C)N6C(=O)C(NC(=O)OC)C(C)CC)nc54)cc2-3)[nH]1. The molecule has 8 rings (SSSR count). The van der Waals surface area contributed by atoms with E-state index in [2.05, 4.69) is 69.2 Å². The topological polar surface area (TPSA) is 202 Å². The zero-order valence-electron chi connectivity index (χ0n) is 38.3. The van der Waals surface area contributed by atoms with Crippen molar-refractivity contribution < 1.29 is 38.1 Å². The Morgan fingerprint density at radius 1 is 0.908 bits per heavy atom. The summed E-state index contributed by atoms with van der Waals surface area (Å²) in [5.41, 5.74) is 6.53. The van der Waals surface area contributed by atoms with Gasteiger partial charge >= 0.3 is 12.2 Å². The molecule has 346 valence electrons. The molecule has 3 aliphatic rings. The summed E-state index contributed by atoms with van der Waals surface area (Å²) in [6.07, 6.45) is 7.77. The Balaban J connectivity index is 1.03. The van der Waals surface area contributed by atoms with Crippen LogP contribution in [0.1, 0.15) is 115 Å². The number of alkyl carbamates (subject to hydrolysis) is 2. The zero-order valence-corrected chi connectivity index (χ0v) is 38.3. The fourth-order valence-corrected chi connectivity index (χ4v) is 9.71. The van der Waals surface area contributed by atoms with Crippen LogP contribution in [0.2, 0.25) is 0 Å². The standard InChI is InChI=1S/C49H62N8O8/c1-7-9-10-11-37(53-46(58)42(56-49(61)63-6)29-18-20-64-21-19-29)44-50-25-38(52-44)31-13-15-33-32(22-31)26-65-40-24-34-30(23-35(33)40)14-16-36-43(34)54-45(51-36)39-17-12-28(4)57(39)47(59)41(27(3)8-2)55-48(60)62-5/h13-16,22-25,27-29,37,39,41-42H,7-12,17-21,26H2,1-6H3,(H,50,52)(H,51,54)(H,53,58)(H,55,60)(H,56,61). The van der Waals surface area contributed by atoms with Gasteiger partial charge in [0.25, 0.3) is 0 Å². The van der Waals surface area contributed by atoms with Crippen LogP contribution in [-0.2, 0) is 30.4 Å².